The molecule has 1 aromatic rings. The molecule has 2 aliphatic rings. The predicted molar refractivity (Wildman–Crippen MR) is 97.7 cm³/mol. The fraction of sp³-hybridized carbons (Fsp3) is 0.556. The van der Waals surface area contributed by atoms with Crippen molar-refractivity contribution >= 4 is 33.4 Å². The lowest BCUT2D eigenvalue weighted by molar-refractivity contribution is -0.139. The fourth-order valence-electron chi connectivity index (χ4n) is 3.69. The van der Waals surface area contributed by atoms with Gasteiger partial charge in [-0.3, -0.25) is 9.59 Å². The number of hydrogen-bond donors (Lipinski definition) is 1. The monoisotopic (exact) mass is 393 g/mol. The van der Waals surface area contributed by atoms with Gasteiger partial charge >= 0.3 is 0 Å². The van der Waals surface area contributed by atoms with E-state index in [4.69, 9.17) is 5.73 Å². The Hall–Kier alpha value is -1.40. The summed E-state index contributed by atoms with van der Waals surface area (Å²) >= 11 is 3.48. The van der Waals surface area contributed by atoms with Crippen LogP contribution < -0.4 is 10.6 Å². The van der Waals surface area contributed by atoms with E-state index in [1.54, 1.807) is 4.90 Å². The molecule has 2 aliphatic heterocycles. The van der Waals surface area contributed by atoms with Gasteiger partial charge in [-0.1, -0.05) is 15.9 Å². The molecule has 0 bridgehead atoms. The molecule has 130 valence electrons. The second-order valence-electron chi connectivity index (χ2n) is 7.00. The maximum Gasteiger partial charge on any atom is 0.228 e. The van der Waals surface area contributed by atoms with Crippen LogP contribution in [0.15, 0.2) is 22.7 Å². The lowest BCUT2D eigenvalue weighted by Crippen LogP contribution is -2.50. The molecule has 0 saturated carbocycles. The van der Waals surface area contributed by atoms with Gasteiger partial charge in [0.05, 0.1) is 5.92 Å². The number of rotatable bonds is 2. The molecular weight excluding hydrogens is 370 g/mol. The van der Waals surface area contributed by atoms with E-state index in [1.165, 1.54) is 0 Å². The summed E-state index contributed by atoms with van der Waals surface area (Å²) in [5.74, 6) is -0.131. The van der Waals surface area contributed by atoms with E-state index >= 15 is 0 Å². The summed E-state index contributed by atoms with van der Waals surface area (Å²) in [5.41, 5.74) is 7.93. The lowest BCUT2D eigenvalue weighted by atomic mass is 9.96. The molecule has 0 aliphatic carbocycles. The summed E-state index contributed by atoms with van der Waals surface area (Å²) < 4.78 is 1.02. The first-order chi connectivity index (χ1) is 11.4. The van der Waals surface area contributed by atoms with Gasteiger partial charge in [0.2, 0.25) is 11.8 Å². The molecule has 2 heterocycles. The quantitative estimate of drug-likeness (QED) is 0.838. The number of amides is 2. The Morgan fingerprint density at radius 2 is 2.12 bits per heavy atom. The van der Waals surface area contributed by atoms with E-state index in [2.05, 4.69) is 15.9 Å². The molecule has 1 aromatic carbocycles. The maximum atomic E-state index is 12.9. The highest BCUT2D eigenvalue weighted by Crippen LogP contribution is 2.30. The minimum absolute atomic E-state index is 0.0245. The van der Waals surface area contributed by atoms with Gasteiger partial charge in [-0.15, -0.1) is 0 Å². The summed E-state index contributed by atoms with van der Waals surface area (Å²) in [6, 6.07) is 6.18. The Bertz CT molecular complexity index is 664. The Morgan fingerprint density at radius 3 is 2.79 bits per heavy atom. The summed E-state index contributed by atoms with van der Waals surface area (Å²) in [4.78, 5) is 28.9. The van der Waals surface area contributed by atoms with Gasteiger partial charge in [0, 0.05) is 41.8 Å². The van der Waals surface area contributed by atoms with Crippen LogP contribution in [0, 0.1) is 12.8 Å². The van der Waals surface area contributed by atoms with Crippen LogP contribution in [0.5, 0.6) is 0 Å². The highest BCUT2D eigenvalue weighted by atomic mass is 79.9. The van der Waals surface area contributed by atoms with E-state index in [1.807, 2.05) is 36.9 Å². The Balaban J connectivity index is 1.72. The van der Waals surface area contributed by atoms with Gasteiger partial charge in [0.25, 0.3) is 0 Å². The van der Waals surface area contributed by atoms with E-state index in [9.17, 15) is 9.59 Å². The van der Waals surface area contributed by atoms with Crippen molar-refractivity contribution in [1.29, 1.82) is 0 Å². The minimum Gasteiger partial charge on any atom is -0.340 e. The number of aryl methyl sites for hydroxylation is 1. The standard InChI is InChI=1S/C18H24BrN3O2/c1-11-7-15(3-4-16(11)19)22-10-13(9-17(22)23)18(24)21-6-5-14(20)8-12(21)2/h3-4,7,12-14H,5-6,8-10,20H2,1-2H3/t12-,13-,14+/m1/s1. The van der Waals surface area contributed by atoms with Crippen LogP contribution in [0.1, 0.15) is 31.7 Å². The SMILES string of the molecule is Cc1cc(N2C[C@H](C(=O)N3CC[C@H](N)C[C@H]3C)CC2=O)ccc1Br. The van der Waals surface area contributed by atoms with Crippen LogP contribution in [0.3, 0.4) is 0 Å². The van der Waals surface area contributed by atoms with Crippen molar-refractivity contribution in [2.45, 2.75) is 45.2 Å². The zero-order valence-corrected chi connectivity index (χ0v) is 15.8. The zero-order chi connectivity index (χ0) is 17.4. The van der Waals surface area contributed by atoms with Gasteiger partial charge < -0.3 is 15.5 Å². The van der Waals surface area contributed by atoms with Crippen LogP contribution >= 0.6 is 15.9 Å². The summed E-state index contributed by atoms with van der Waals surface area (Å²) in [7, 11) is 0. The highest BCUT2D eigenvalue weighted by molar-refractivity contribution is 9.10. The third-order valence-electron chi connectivity index (χ3n) is 5.13. The van der Waals surface area contributed by atoms with Crippen LogP contribution in [0.2, 0.25) is 0 Å². The molecule has 2 amide bonds. The van der Waals surface area contributed by atoms with Crippen molar-refractivity contribution in [2.75, 3.05) is 18.0 Å². The van der Waals surface area contributed by atoms with Gasteiger partial charge in [0.15, 0.2) is 0 Å². The van der Waals surface area contributed by atoms with Crippen molar-refractivity contribution < 1.29 is 9.59 Å². The van der Waals surface area contributed by atoms with Crippen molar-refractivity contribution in [2.24, 2.45) is 11.7 Å². The van der Waals surface area contributed by atoms with Crippen LogP contribution in [-0.4, -0.2) is 41.9 Å². The number of anilines is 1. The molecule has 6 heteroatoms. The Kier molecular flexibility index (Phi) is 4.97. The second-order valence-corrected chi connectivity index (χ2v) is 7.86. The first-order valence-corrected chi connectivity index (χ1v) is 9.28. The number of hydrogen-bond acceptors (Lipinski definition) is 3. The van der Waals surface area contributed by atoms with E-state index in [0.29, 0.717) is 19.5 Å². The molecule has 5 nitrogen and oxygen atoms in total. The van der Waals surface area contributed by atoms with Gasteiger partial charge in [-0.25, -0.2) is 0 Å². The normalized spacial score (nSPS) is 27.7. The molecule has 0 radical (unpaired) electrons. The Morgan fingerprint density at radius 1 is 1.38 bits per heavy atom. The number of nitrogens with zero attached hydrogens (tertiary/aromatic N) is 2. The topological polar surface area (TPSA) is 66.6 Å². The van der Waals surface area contributed by atoms with Crippen LogP contribution in [0.4, 0.5) is 5.69 Å². The summed E-state index contributed by atoms with van der Waals surface area (Å²) in [6.07, 6.45) is 1.97. The molecule has 2 N–H and O–H groups in total. The van der Waals surface area contributed by atoms with Crippen molar-refractivity contribution in [1.82, 2.24) is 4.90 Å². The lowest BCUT2D eigenvalue weighted by Gasteiger charge is -2.37. The third kappa shape index (κ3) is 3.35. The van der Waals surface area contributed by atoms with Gasteiger partial charge in [0.1, 0.15) is 0 Å². The average Bonchev–Trinajstić information content (AvgIpc) is 2.91. The van der Waals surface area contributed by atoms with E-state index in [0.717, 1.165) is 28.6 Å². The van der Waals surface area contributed by atoms with E-state index in [-0.39, 0.29) is 29.8 Å². The van der Waals surface area contributed by atoms with Crippen molar-refractivity contribution in [3.63, 3.8) is 0 Å². The molecule has 24 heavy (non-hydrogen) atoms. The van der Waals surface area contributed by atoms with Gasteiger partial charge in [-0.05, 0) is 50.5 Å². The zero-order valence-electron chi connectivity index (χ0n) is 14.2. The molecule has 0 aromatic heterocycles. The molecule has 2 fully saturated rings. The van der Waals surface area contributed by atoms with Crippen LogP contribution in [0.25, 0.3) is 0 Å². The number of carbonyl (C=O) groups is 2. The number of likely N-dealkylation sites (tertiary alicyclic amines) is 1. The van der Waals surface area contributed by atoms with E-state index < -0.39 is 0 Å². The molecule has 0 unspecified atom stereocenters. The second kappa shape index (κ2) is 6.84. The van der Waals surface area contributed by atoms with Crippen LogP contribution in [-0.2, 0) is 9.59 Å². The molecule has 2 saturated heterocycles. The van der Waals surface area contributed by atoms with Gasteiger partial charge in [-0.2, -0.15) is 0 Å². The maximum absolute atomic E-state index is 12.9. The molecule has 0 spiro atoms. The van der Waals surface area contributed by atoms with Crippen molar-refractivity contribution in [3.05, 3.63) is 28.2 Å². The number of nitrogens with two attached hydrogens (primary N) is 1. The number of benzene rings is 1. The third-order valence-corrected chi connectivity index (χ3v) is 6.02. The summed E-state index contributed by atoms with van der Waals surface area (Å²) in [6.45, 7) is 5.20. The average molecular weight is 394 g/mol. The number of carbonyl (C=O) groups excluding carboxylic acids is 2. The Labute approximate surface area is 151 Å². The minimum atomic E-state index is -0.252. The largest absolute Gasteiger partial charge is 0.340 e. The number of halogens is 1. The molecule has 3 atom stereocenters. The molecular formula is C18H24BrN3O2. The molecule has 3 rings (SSSR count). The number of piperidine rings is 1. The smallest absolute Gasteiger partial charge is 0.228 e. The van der Waals surface area contributed by atoms with Crippen molar-refractivity contribution in [3.8, 4) is 0 Å². The predicted octanol–water partition coefficient (Wildman–Crippen LogP) is 2.45. The fourth-order valence-corrected chi connectivity index (χ4v) is 3.94. The first kappa shape index (κ1) is 17.4. The highest BCUT2D eigenvalue weighted by Gasteiger charge is 2.39. The first-order valence-electron chi connectivity index (χ1n) is 8.49. The summed E-state index contributed by atoms with van der Waals surface area (Å²) in [5, 5.41) is 0.